The molecule has 1 aliphatic rings. The van der Waals surface area contributed by atoms with Crippen LogP contribution in [0.15, 0.2) is 59.2 Å². The van der Waals surface area contributed by atoms with Crippen molar-refractivity contribution in [2.24, 2.45) is 0 Å². The Morgan fingerprint density at radius 3 is 2.00 bits per heavy atom. The Hall–Kier alpha value is -2.20. The smallest absolute Gasteiger partial charge is 0.265 e. The topological polar surface area (TPSA) is 37.4 Å². The van der Waals surface area contributed by atoms with Gasteiger partial charge in [-0.15, -0.1) is 0 Å². The molecule has 3 rings (SSSR count). The first kappa shape index (κ1) is 12.8. The van der Waals surface area contributed by atoms with E-state index in [0.29, 0.717) is 11.1 Å². The van der Waals surface area contributed by atoms with Gasteiger partial charge in [-0.2, -0.15) is 0 Å². The van der Waals surface area contributed by atoms with Gasteiger partial charge < -0.3 is 0 Å². The van der Waals surface area contributed by atoms with Crippen molar-refractivity contribution in [2.45, 2.75) is 0 Å². The van der Waals surface area contributed by atoms with Crippen LogP contribution in [0.5, 0.6) is 0 Å². The van der Waals surface area contributed by atoms with E-state index in [4.69, 9.17) is 0 Å². The van der Waals surface area contributed by atoms with E-state index < -0.39 is 0 Å². The second kappa shape index (κ2) is 5.06. The van der Waals surface area contributed by atoms with Crippen molar-refractivity contribution in [1.82, 2.24) is 4.90 Å². The number of hydrogen-bond donors (Lipinski definition) is 0. The lowest BCUT2D eigenvalue weighted by atomic mass is 10.1. The zero-order valence-electron chi connectivity index (χ0n) is 10.4. The Labute approximate surface area is 124 Å². The van der Waals surface area contributed by atoms with Crippen LogP contribution in [0.2, 0.25) is 0 Å². The number of benzene rings is 2. The summed E-state index contributed by atoms with van der Waals surface area (Å²) in [6, 6.07) is 14.5. The highest BCUT2D eigenvalue weighted by Gasteiger charge is 2.33. The highest BCUT2D eigenvalue weighted by atomic mass is 79.9. The summed E-state index contributed by atoms with van der Waals surface area (Å²) in [4.78, 5) is 25.5. The third kappa shape index (κ3) is 2.08. The zero-order valence-corrected chi connectivity index (χ0v) is 12.0. The largest absolute Gasteiger partial charge is 0.268 e. The maximum absolute atomic E-state index is 12.2. The van der Waals surface area contributed by atoms with E-state index in [2.05, 4.69) is 15.9 Å². The second-order valence-electron chi connectivity index (χ2n) is 4.36. The summed E-state index contributed by atoms with van der Waals surface area (Å²) in [5, 5.41) is 0. The van der Waals surface area contributed by atoms with Crippen molar-refractivity contribution >= 4 is 33.8 Å². The standard InChI is InChI=1S/C16H10BrNO2/c17-14-8-4-1-5-11(14)9-10-18-15(19)12-6-2-3-7-13(12)16(18)20/h1-10H/b10-9+. The Morgan fingerprint density at radius 2 is 1.40 bits per heavy atom. The van der Waals surface area contributed by atoms with Crippen LogP contribution < -0.4 is 0 Å². The molecular formula is C16H10BrNO2. The molecule has 0 bridgehead atoms. The third-order valence-corrected chi connectivity index (χ3v) is 3.86. The van der Waals surface area contributed by atoms with Crippen molar-refractivity contribution in [1.29, 1.82) is 0 Å². The van der Waals surface area contributed by atoms with Crippen LogP contribution in [0, 0.1) is 0 Å². The number of hydrogen-bond acceptors (Lipinski definition) is 2. The summed E-state index contributed by atoms with van der Waals surface area (Å²) < 4.78 is 0.910. The molecular weight excluding hydrogens is 318 g/mol. The summed E-state index contributed by atoms with van der Waals surface area (Å²) >= 11 is 3.42. The molecule has 4 heteroatoms. The van der Waals surface area contributed by atoms with Crippen LogP contribution in [0.3, 0.4) is 0 Å². The average Bonchev–Trinajstić information content (AvgIpc) is 2.71. The van der Waals surface area contributed by atoms with Crippen molar-refractivity contribution in [2.75, 3.05) is 0 Å². The number of nitrogens with zero attached hydrogens (tertiary/aromatic N) is 1. The molecule has 1 aliphatic heterocycles. The van der Waals surface area contributed by atoms with E-state index in [1.165, 1.54) is 6.20 Å². The molecule has 1 heterocycles. The summed E-state index contributed by atoms with van der Waals surface area (Å²) in [6.07, 6.45) is 3.26. The Morgan fingerprint density at radius 1 is 0.850 bits per heavy atom. The monoisotopic (exact) mass is 327 g/mol. The molecule has 0 fully saturated rings. The van der Waals surface area contributed by atoms with Gasteiger partial charge in [-0.3, -0.25) is 9.59 Å². The Bertz CT molecular complexity index is 702. The van der Waals surface area contributed by atoms with Gasteiger partial charge in [0.15, 0.2) is 0 Å². The van der Waals surface area contributed by atoms with Gasteiger partial charge in [-0.05, 0) is 29.8 Å². The minimum atomic E-state index is -0.283. The molecule has 3 nitrogen and oxygen atoms in total. The van der Waals surface area contributed by atoms with Crippen molar-refractivity contribution in [3.05, 3.63) is 75.9 Å². The molecule has 0 saturated heterocycles. The van der Waals surface area contributed by atoms with Gasteiger partial charge >= 0.3 is 0 Å². The maximum Gasteiger partial charge on any atom is 0.265 e. The van der Waals surface area contributed by atoms with Gasteiger partial charge in [0.25, 0.3) is 11.8 Å². The summed E-state index contributed by atoms with van der Waals surface area (Å²) in [7, 11) is 0. The molecule has 0 atom stereocenters. The molecule has 2 aromatic carbocycles. The van der Waals surface area contributed by atoms with Gasteiger partial charge in [0.05, 0.1) is 11.1 Å². The van der Waals surface area contributed by atoms with Gasteiger partial charge in [0, 0.05) is 10.7 Å². The minimum Gasteiger partial charge on any atom is -0.268 e. The molecule has 0 saturated carbocycles. The Kier molecular flexibility index (Phi) is 3.24. The second-order valence-corrected chi connectivity index (χ2v) is 5.22. The zero-order chi connectivity index (χ0) is 14.1. The molecule has 98 valence electrons. The number of rotatable bonds is 2. The summed E-state index contributed by atoms with van der Waals surface area (Å²) in [5.41, 5.74) is 1.81. The first-order valence-corrected chi connectivity index (χ1v) is 6.87. The van der Waals surface area contributed by atoms with Crippen LogP contribution in [0.25, 0.3) is 6.08 Å². The fourth-order valence-electron chi connectivity index (χ4n) is 2.11. The molecule has 20 heavy (non-hydrogen) atoms. The quantitative estimate of drug-likeness (QED) is 0.788. The Balaban J connectivity index is 1.93. The first-order valence-electron chi connectivity index (χ1n) is 6.08. The van der Waals surface area contributed by atoms with E-state index in [9.17, 15) is 9.59 Å². The molecule has 2 amide bonds. The third-order valence-electron chi connectivity index (χ3n) is 3.13. The van der Waals surface area contributed by atoms with Crippen LogP contribution in [-0.4, -0.2) is 16.7 Å². The van der Waals surface area contributed by atoms with Crippen molar-refractivity contribution < 1.29 is 9.59 Å². The molecule has 0 aromatic heterocycles. The van der Waals surface area contributed by atoms with Gasteiger partial charge in [-0.25, -0.2) is 4.90 Å². The molecule has 0 aliphatic carbocycles. The molecule has 0 N–H and O–H groups in total. The van der Waals surface area contributed by atoms with E-state index in [1.807, 2.05) is 24.3 Å². The van der Waals surface area contributed by atoms with E-state index in [0.717, 1.165) is 14.9 Å². The lowest BCUT2D eigenvalue weighted by Gasteiger charge is -2.07. The first-order chi connectivity index (χ1) is 9.68. The summed E-state index contributed by atoms with van der Waals surface area (Å²) in [5.74, 6) is -0.567. The van der Waals surface area contributed by atoms with E-state index in [1.54, 1.807) is 30.3 Å². The number of fused-ring (bicyclic) bond motifs is 1. The lowest BCUT2D eigenvalue weighted by Crippen LogP contribution is -2.23. The SMILES string of the molecule is O=C1c2ccccc2C(=O)N1/C=C/c1ccccc1Br. The molecule has 0 unspecified atom stereocenters. The maximum atomic E-state index is 12.2. The van der Waals surface area contributed by atoms with E-state index in [-0.39, 0.29) is 11.8 Å². The minimum absolute atomic E-state index is 0.283. The highest BCUT2D eigenvalue weighted by molar-refractivity contribution is 9.10. The van der Waals surface area contributed by atoms with E-state index >= 15 is 0 Å². The molecule has 0 spiro atoms. The van der Waals surface area contributed by atoms with Crippen molar-refractivity contribution in [3.63, 3.8) is 0 Å². The average molecular weight is 328 g/mol. The molecule has 0 radical (unpaired) electrons. The fraction of sp³-hybridized carbons (Fsp3) is 0. The number of carbonyl (C=O) groups excluding carboxylic acids is 2. The lowest BCUT2D eigenvalue weighted by molar-refractivity contribution is 0.0722. The molecule has 2 aromatic rings. The highest BCUT2D eigenvalue weighted by Crippen LogP contribution is 2.24. The normalized spacial score (nSPS) is 14.2. The van der Waals surface area contributed by atoms with Crippen LogP contribution in [0.4, 0.5) is 0 Å². The van der Waals surface area contributed by atoms with Crippen molar-refractivity contribution in [3.8, 4) is 0 Å². The van der Waals surface area contributed by atoms with Gasteiger partial charge in [-0.1, -0.05) is 46.3 Å². The predicted molar refractivity (Wildman–Crippen MR) is 80.1 cm³/mol. The van der Waals surface area contributed by atoms with Crippen LogP contribution in [0.1, 0.15) is 26.3 Å². The van der Waals surface area contributed by atoms with Crippen LogP contribution in [-0.2, 0) is 0 Å². The number of amides is 2. The number of imide groups is 1. The number of halogens is 1. The van der Waals surface area contributed by atoms with Gasteiger partial charge in [0.2, 0.25) is 0 Å². The number of carbonyl (C=O) groups is 2. The fourth-order valence-corrected chi connectivity index (χ4v) is 2.53. The predicted octanol–water partition coefficient (Wildman–Crippen LogP) is 3.72. The van der Waals surface area contributed by atoms with Crippen LogP contribution >= 0.6 is 15.9 Å². The summed E-state index contributed by atoms with van der Waals surface area (Å²) in [6.45, 7) is 0. The van der Waals surface area contributed by atoms with Gasteiger partial charge in [0.1, 0.15) is 0 Å².